The van der Waals surface area contributed by atoms with E-state index in [1.165, 1.54) is 24.3 Å². The number of benzene rings is 2. The highest BCUT2D eigenvalue weighted by Gasteiger charge is 2.30. The molecule has 0 aliphatic carbocycles. The Morgan fingerprint density at radius 3 is 2.67 bits per heavy atom. The maximum Gasteiger partial charge on any atom is 0.196 e. The number of nitrogens with two attached hydrogens (primary N) is 1. The van der Waals surface area contributed by atoms with E-state index in [1.54, 1.807) is 23.1 Å². The minimum absolute atomic E-state index is 0.220. The highest BCUT2D eigenvalue weighted by atomic mass is 19.1. The van der Waals surface area contributed by atoms with E-state index >= 15 is 0 Å². The molecule has 1 aliphatic heterocycles. The van der Waals surface area contributed by atoms with E-state index in [-0.39, 0.29) is 17.7 Å². The monoisotopic (exact) mass is 287 g/mol. The van der Waals surface area contributed by atoms with Gasteiger partial charge in [0.25, 0.3) is 0 Å². The predicted molar refractivity (Wildman–Crippen MR) is 79.2 cm³/mol. The molecule has 0 spiro atoms. The van der Waals surface area contributed by atoms with E-state index in [1.807, 2.05) is 6.92 Å². The summed E-state index contributed by atoms with van der Waals surface area (Å²) in [6, 6.07) is 10.6. The molecular formula is C16H15F2N3. The molecule has 0 saturated heterocycles. The topological polar surface area (TPSA) is 41.6 Å². The molecule has 0 bridgehead atoms. The fourth-order valence-electron chi connectivity index (χ4n) is 2.64. The fourth-order valence-corrected chi connectivity index (χ4v) is 2.64. The van der Waals surface area contributed by atoms with Gasteiger partial charge < -0.3 is 10.6 Å². The summed E-state index contributed by atoms with van der Waals surface area (Å²) in [5, 5.41) is 0. The number of aryl methyl sites for hydroxylation is 1. The smallest absolute Gasteiger partial charge is 0.196 e. The molecular weight excluding hydrogens is 272 g/mol. The number of halogens is 2. The highest BCUT2D eigenvalue weighted by Crippen LogP contribution is 2.33. The van der Waals surface area contributed by atoms with Crippen LogP contribution >= 0.6 is 0 Å². The number of hydrogen-bond acceptors (Lipinski definition) is 3. The largest absolute Gasteiger partial charge is 0.369 e. The van der Waals surface area contributed by atoms with Crippen molar-refractivity contribution >= 4 is 11.6 Å². The molecule has 1 heterocycles. The Bertz CT molecular complexity index is 712. The second-order valence-corrected chi connectivity index (χ2v) is 5.07. The van der Waals surface area contributed by atoms with Crippen molar-refractivity contribution in [3.05, 3.63) is 65.2 Å². The summed E-state index contributed by atoms with van der Waals surface area (Å²) in [5.74, 6) is -0.337. The van der Waals surface area contributed by atoms with Gasteiger partial charge >= 0.3 is 0 Å². The lowest BCUT2D eigenvalue weighted by atomic mass is 10.00. The van der Waals surface area contributed by atoms with Gasteiger partial charge in [0.2, 0.25) is 0 Å². The molecule has 0 aromatic heterocycles. The third-order valence-electron chi connectivity index (χ3n) is 3.67. The molecule has 1 unspecified atom stereocenters. The summed E-state index contributed by atoms with van der Waals surface area (Å²) in [6.07, 6.45) is 0. The van der Waals surface area contributed by atoms with Crippen LogP contribution in [0.25, 0.3) is 0 Å². The van der Waals surface area contributed by atoms with Gasteiger partial charge in [-0.1, -0.05) is 12.1 Å². The number of rotatable bonds is 2. The van der Waals surface area contributed by atoms with Crippen molar-refractivity contribution in [3.63, 3.8) is 0 Å². The zero-order valence-corrected chi connectivity index (χ0v) is 11.6. The summed E-state index contributed by atoms with van der Waals surface area (Å²) >= 11 is 0. The van der Waals surface area contributed by atoms with Gasteiger partial charge in [-0.05, 0) is 48.4 Å². The van der Waals surface area contributed by atoms with Crippen molar-refractivity contribution in [3.8, 4) is 0 Å². The van der Waals surface area contributed by atoms with Crippen molar-refractivity contribution in [2.75, 3.05) is 11.4 Å². The maximum atomic E-state index is 13.5. The van der Waals surface area contributed by atoms with Gasteiger partial charge in [0.15, 0.2) is 5.96 Å². The molecule has 1 atom stereocenters. The van der Waals surface area contributed by atoms with Crippen LogP contribution in [0.1, 0.15) is 17.2 Å². The molecule has 21 heavy (non-hydrogen) atoms. The van der Waals surface area contributed by atoms with E-state index in [0.29, 0.717) is 18.2 Å². The third-order valence-corrected chi connectivity index (χ3v) is 3.67. The molecule has 5 heteroatoms. The van der Waals surface area contributed by atoms with Gasteiger partial charge in [0, 0.05) is 5.69 Å². The van der Waals surface area contributed by atoms with Crippen molar-refractivity contribution < 1.29 is 8.78 Å². The first kappa shape index (κ1) is 13.5. The molecule has 3 rings (SSSR count). The highest BCUT2D eigenvalue weighted by molar-refractivity contribution is 5.97. The van der Waals surface area contributed by atoms with Crippen molar-refractivity contribution in [2.45, 2.75) is 13.0 Å². The van der Waals surface area contributed by atoms with Crippen LogP contribution < -0.4 is 10.6 Å². The minimum Gasteiger partial charge on any atom is -0.369 e. The Morgan fingerprint density at radius 2 is 1.90 bits per heavy atom. The normalized spacial score (nSPS) is 18.0. The summed E-state index contributed by atoms with van der Waals surface area (Å²) in [5.41, 5.74) is 8.31. The second kappa shape index (κ2) is 5.16. The molecule has 2 aromatic carbocycles. The molecule has 0 fully saturated rings. The third kappa shape index (κ3) is 2.46. The van der Waals surface area contributed by atoms with Gasteiger partial charge in [0.1, 0.15) is 11.6 Å². The lowest BCUT2D eigenvalue weighted by molar-refractivity contribution is 0.618. The lowest BCUT2D eigenvalue weighted by Crippen LogP contribution is -2.36. The molecule has 3 nitrogen and oxygen atoms in total. The number of anilines is 1. The van der Waals surface area contributed by atoms with Gasteiger partial charge in [-0.3, -0.25) is 4.99 Å². The zero-order valence-electron chi connectivity index (χ0n) is 11.6. The molecule has 0 saturated carbocycles. The van der Waals surface area contributed by atoms with E-state index in [4.69, 9.17) is 5.73 Å². The first-order chi connectivity index (χ1) is 10.1. The molecule has 108 valence electrons. The minimum atomic E-state index is -0.345. The number of hydrogen-bond donors (Lipinski definition) is 1. The number of aliphatic imine (C=N–C) groups is 1. The van der Waals surface area contributed by atoms with Gasteiger partial charge in [-0.25, -0.2) is 8.78 Å². The van der Waals surface area contributed by atoms with Crippen LogP contribution in [-0.4, -0.2) is 12.5 Å². The summed E-state index contributed by atoms with van der Waals surface area (Å²) < 4.78 is 27.0. The van der Waals surface area contributed by atoms with Gasteiger partial charge in [-0.2, -0.15) is 0 Å². The van der Waals surface area contributed by atoms with Crippen LogP contribution in [0.5, 0.6) is 0 Å². The van der Waals surface area contributed by atoms with E-state index in [0.717, 1.165) is 11.1 Å². The molecule has 0 radical (unpaired) electrons. The van der Waals surface area contributed by atoms with Gasteiger partial charge in [0.05, 0.1) is 12.6 Å². The fraction of sp³-hybridized carbons (Fsp3) is 0.188. The van der Waals surface area contributed by atoms with E-state index in [2.05, 4.69) is 4.99 Å². The Labute approximate surface area is 121 Å². The first-order valence-corrected chi connectivity index (χ1v) is 6.67. The summed E-state index contributed by atoms with van der Waals surface area (Å²) in [6.45, 7) is 2.33. The van der Waals surface area contributed by atoms with Crippen LogP contribution in [0.3, 0.4) is 0 Å². The van der Waals surface area contributed by atoms with Crippen molar-refractivity contribution in [1.29, 1.82) is 0 Å². The molecule has 2 N–H and O–H groups in total. The predicted octanol–water partition coefficient (Wildman–Crippen LogP) is 3.15. The standard InChI is InChI=1S/C16H15F2N3/c1-10-5-6-12(18)8-14(10)15-9-20-16(19)21(15)13-4-2-3-11(17)7-13/h2-8,15H,9H2,1H3,(H2,19,20). The van der Waals surface area contributed by atoms with Gasteiger partial charge in [-0.15, -0.1) is 0 Å². The average molecular weight is 287 g/mol. The van der Waals surface area contributed by atoms with Crippen LogP contribution in [0, 0.1) is 18.6 Å². The Morgan fingerprint density at radius 1 is 1.14 bits per heavy atom. The second-order valence-electron chi connectivity index (χ2n) is 5.07. The molecule has 0 amide bonds. The quantitative estimate of drug-likeness (QED) is 0.922. The lowest BCUT2D eigenvalue weighted by Gasteiger charge is -2.27. The van der Waals surface area contributed by atoms with Crippen molar-refractivity contribution in [2.24, 2.45) is 10.7 Å². The first-order valence-electron chi connectivity index (χ1n) is 6.67. The Balaban J connectivity index is 2.05. The number of nitrogens with zero attached hydrogens (tertiary/aromatic N) is 2. The molecule has 2 aromatic rings. The van der Waals surface area contributed by atoms with Crippen LogP contribution in [0.15, 0.2) is 47.5 Å². The number of guanidine groups is 1. The van der Waals surface area contributed by atoms with Crippen LogP contribution in [0.4, 0.5) is 14.5 Å². The molecule has 1 aliphatic rings. The SMILES string of the molecule is Cc1ccc(F)cc1C1CN=C(N)N1c1cccc(F)c1. The van der Waals surface area contributed by atoms with E-state index < -0.39 is 0 Å². The average Bonchev–Trinajstić information content (AvgIpc) is 2.83. The van der Waals surface area contributed by atoms with E-state index in [9.17, 15) is 8.78 Å². The Kier molecular flexibility index (Phi) is 3.33. The maximum absolute atomic E-state index is 13.5. The van der Waals surface area contributed by atoms with Crippen molar-refractivity contribution in [1.82, 2.24) is 0 Å². The summed E-state index contributed by atoms with van der Waals surface area (Å²) in [4.78, 5) is 5.97. The van der Waals surface area contributed by atoms with Crippen LogP contribution in [-0.2, 0) is 0 Å². The summed E-state index contributed by atoms with van der Waals surface area (Å²) in [7, 11) is 0. The van der Waals surface area contributed by atoms with Crippen LogP contribution in [0.2, 0.25) is 0 Å². The Hall–Kier alpha value is -2.43. The zero-order chi connectivity index (χ0) is 15.0.